The van der Waals surface area contributed by atoms with E-state index in [9.17, 15) is 0 Å². The van der Waals surface area contributed by atoms with Crippen molar-refractivity contribution >= 4 is 28.4 Å². The van der Waals surface area contributed by atoms with E-state index in [1.54, 1.807) is 0 Å². The van der Waals surface area contributed by atoms with Crippen molar-refractivity contribution in [2.45, 2.75) is 25.4 Å². The summed E-state index contributed by atoms with van der Waals surface area (Å²) in [6.07, 6.45) is 3.29. The van der Waals surface area contributed by atoms with Gasteiger partial charge in [0.05, 0.1) is 23.5 Å². The third-order valence-electron chi connectivity index (χ3n) is 3.76. The van der Waals surface area contributed by atoms with Gasteiger partial charge in [-0.05, 0) is 48.7 Å². The first kappa shape index (κ1) is 12.9. The van der Waals surface area contributed by atoms with Crippen molar-refractivity contribution in [3.63, 3.8) is 0 Å². The number of halogens is 1. The molecule has 98 valence electrons. The van der Waals surface area contributed by atoms with E-state index in [1.165, 1.54) is 6.08 Å². The number of nitrogens with one attached hydrogen (secondary N) is 1. The summed E-state index contributed by atoms with van der Waals surface area (Å²) >= 11 is 2.27. The fourth-order valence-electron chi connectivity index (χ4n) is 2.77. The molecule has 4 nitrogen and oxygen atoms in total. The van der Waals surface area contributed by atoms with Gasteiger partial charge in [0.25, 0.3) is 0 Å². The molecule has 0 amide bonds. The van der Waals surface area contributed by atoms with Gasteiger partial charge in [-0.2, -0.15) is 5.26 Å². The van der Waals surface area contributed by atoms with Gasteiger partial charge >= 0.3 is 0 Å². The molecular formula is C14H14IN3O. The average molecular weight is 367 g/mol. The Hall–Kier alpha value is -1.13. The highest BCUT2D eigenvalue weighted by Gasteiger charge is 2.46. The maximum atomic E-state index is 8.92. The average Bonchev–Trinajstić information content (AvgIpc) is 2.66. The fraction of sp³-hybridized carbons (Fsp3) is 0.429. The van der Waals surface area contributed by atoms with Crippen molar-refractivity contribution in [3.8, 4) is 6.07 Å². The summed E-state index contributed by atoms with van der Waals surface area (Å²) in [5.41, 5.74) is 2.68. The summed E-state index contributed by atoms with van der Waals surface area (Å²) in [6.45, 7) is 3.86. The van der Waals surface area contributed by atoms with E-state index in [2.05, 4.69) is 40.0 Å². The molecule has 0 radical (unpaired) electrons. The second kappa shape index (κ2) is 4.76. The molecule has 1 aromatic rings. The Bertz CT molecular complexity index is 597. The van der Waals surface area contributed by atoms with E-state index in [1.807, 2.05) is 6.92 Å². The quantitative estimate of drug-likeness (QED) is 0.566. The van der Waals surface area contributed by atoms with Gasteiger partial charge in [-0.1, -0.05) is 0 Å². The number of piperidine rings is 1. The van der Waals surface area contributed by atoms with E-state index >= 15 is 0 Å². The zero-order valence-electron chi connectivity index (χ0n) is 10.7. The Labute approximate surface area is 126 Å². The van der Waals surface area contributed by atoms with Crippen LogP contribution in [0.15, 0.2) is 12.1 Å². The zero-order valence-corrected chi connectivity index (χ0v) is 12.8. The Morgan fingerprint density at radius 2 is 2.26 bits per heavy atom. The number of aromatic nitrogens is 1. The molecule has 2 aliphatic heterocycles. The molecule has 0 aliphatic carbocycles. The number of pyridine rings is 1. The van der Waals surface area contributed by atoms with E-state index in [0.29, 0.717) is 5.76 Å². The third-order valence-corrected chi connectivity index (χ3v) is 4.85. The smallest absolute Gasteiger partial charge is 0.154 e. The maximum Gasteiger partial charge on any atom is 0.154 e. The van der Waals surface area contributed by atoms with E-state index in [-0.39, 0.29) is 5.60 Å². The van der Waals surface area contributed by atoms with Crippen LogP contribution in [0, 0.1) is 21.8 Å². The van der Waals surface area contributed by atoms with Crippen LogP contribution in [0.25, 0.3) is 5.76 Å². The number of nitriles is 1. The number of rotatable bonds is 0. The molecule has 0 atom stereocenters. The molecule has 0 bridgehead atoms. The second-order valence-electron chi connectivity index (χ2n) is 4.94. The highest BCUT2D eigenvalue weighted by Crippen LogP contribution is 2.47. The first-order valence-electron chi connectivity index (χ1n) is 6.34. The maximum absolute atomic E-state index is 8.92. The predicted molar refractivity (Wildman–Crippen MR) is 80.1 cm³/mol. The molecule has 1 N–H and O–H groups in total. The third kappa shape index (κ3) is 2.03. The van der Waals surface area contributed by atoms with Gasteiger partial charge < -0.3 is 10.1 Å². The summed E-state index contributed by atoms with van der Waals surface area (Å²) in [4.78, 5) is 4.75. The minimum Gasteiger partial charge on any atom is -0.479 e. The van der Waals surface area contributed by atoms with Gasteiger partial charge in [-0.25, -0.2) is 0 Å². The SMILES string of the molecule is Cc1nc2c(cc1I)/C(=C\C#N)OC21CCNCC1. The summed E-state index contributed by atoms with van der Waals surface area (Å²) in [6, 6.07) is 4.16. The molecular weight excluding hydrogens is 353 g/mol. The second-order valence-corrected chi connectivity index (χ2v) is 6.10. The lowest BCUT2D eigenvalue weighted by molar-refractivity contribution is 0.0171. The van der Waals surface area contributed by atoms with Crippen molar-refractivity contribution < 1.29 is 4.74 Å². The van der Waals surface area contributed by atoms with E-state index in [0.717, 1.165) is 46.5 Å². The lowest BCUT2D eigenvalue weighted by Crippen LogP contribution is -2.40. The lowest BCUT2D eigenvalue weighted by atomic mass is 9.88. The molecule has 0 aromatic carbocycles. The Balaban J connectivity index is 2.18. The monoisotopic (exact) mass is 367 g/mol. The first-order chi connectivity index (χ1) is 9.16. The van der Waals surface area contributed by atoms with Crippen LogP contribution in [0.5, 0.6) is 0 Å². The molecule has 0 unspecified atom stereocenters. The summed E-state index contributed by atoms with van der Waals surface area (Å²) < 4.78 is 7.25. The van der Waals surface area contributed by atoms with Crippen molar-refractivity contribution in [2.24, 2.45) is 0 Å². The molecule has 0 saturated carbocycles. The number of hydrogen-bond acceptors (Lipinski definition) is 4. The topological polar surface area (TPSA) is 57.9 Å². The number of nitrogens with zero attached hydrogens (tertiary/aromatic N) is 2. The standard InChI is InChI=1S/C14H14IN3O/c1-9-11(15)8-10-12(2-5-16)19-14(13(10)18-9)3-6-17-7-4-14/h2,8,17H,3-4,6-7H2,1H3/b12-2+. The number of fused-ring (bicyclic) bond motifs is 2. The Kier molecular flexibility index (Phi) is 3.23. The minimum atomic E-state index is -0.335. The molecule has 1 spiro atoms. The summed E-state index contributed by atoms with van der Waals surface area (Å²) in [5.74, 6) is 0.671. The molecule has 19 heavy (non-hydrogen) atoms. The number of aryl methyl sites for hydroxylation is 1. The first-order valence-corrected chi connectivity index (χ1v) is 7.42. The molecule has 1 aromatic heterocycles. The lowest BCUT2D eigenvalue weighted by Gasteiger charge is -2.33. The largest absolute Gasteiger partial charge is 0.479 e. The molecule has 3 rings (SSSR count). The van der Waals surface area contributed by atoms with Crippen LogP contribution in [0.4, 0.5) is 0 Å². The van der Waals surface area contributed by atoms with Crippen molar-refractivity contribution in [1.82, 2.24) is 10.3 Å². The van der Waals surface area contributed by atoms with Crippen LogP contribution in [-0.4, -0.2) is 18.1 Å². The zero-order chi connectivity index (χ0) is 13.5. The number of allylic oxidation sites excluding steroid dienone is 1. The van der Waals surface area contributed by atoms with E-state index in [4.69, 9.17) is 15.0 Å². The normalized spacial score (nSPS) is 22.1. The van der Waals surface area contributed by atoms with Crippen LogP contribution in [-0.2, 0) is 10.3 Å². The number of ether oxygens (including phenoxy) is 1. The van der Waals surface area contributed by atoms with Gasteiger partial charge in [0.2, 0.25) is 0 Å². The number of hydrogen-bond donors (Lipinski definition) is 1. The minimum absolute atomic E-state index is 0.335. The van der Waals surface area contributed by atoms with Crippen LogP contribution in [0.3, 0.4) is 0 Å². The van der Waals surface area contributed by atoms with Crippen LogP contribution >= 0.6 is 22.6 Å². The molecule has 1 fully saturated rings. The Morgan fingerprint density at radius 1 is 1.53 bits per heavy atom. The van der Waals surface area contributed by atoms with Crippen molar-refractivity contribution in [3.05, 3.63) is 32.7 Å². The van der Waals surface area contributed by atoms with Gasteiger partial charge in [0.15, 0.2) is 5.60 Å². The van der Waals surface area contributed by atoms with Gasteiger partial charge in [0, 0.05) is 22.0 Å². The van der Waals surface area contributed by atoms with Gasteiger partial charge in [-0.15, -0.1) is 0 Å². The summed E-state index contributed by atoms with van der Waals surface area (Å²) in [5, 5.41) is 12.3. The fourth-order valence-corrected chi connectivity index (χ4v) is 3.20. The Morgan fingerprint density at radius 3 is 2.95 bits per heavy atom. The van der Waals surface area contributed by atoms with Crippen molar-refractivity contribution in [1.29, 1.82) is 5.26 Å². The predicted octanol–water partition coefficient (Wildman–Crippen LogP) is 2.47. The molecule has 5 heteroatoms. The van der Waals surface area contributed by atoms with Gasteiger partial charge in [0.1, 0.15) is 5.76 Å². The van der Waals surface area contributed by atoms with Crippen LogP contribution in [0.1, 0.15) is 29.8 Å². The molecule has 3 heterocycles. The van der Waals surface area contributed by atoms with Gasteiger partial charge in [-0.3, -0.25) is 4.98 Å². The van der Waals surface area contributed by atoms with E-state index < -0.39 is 0 Å². The van der Waals surface area contributed by atoms with Crippen LogP contribution < -0.4 is 5.32 Å². The summed E-state index contributed by atoms with van der Waals surface area (Å²) in [7, 11) is 0. The highest BCUT2D eigenvalue weighted by atomic mass is 127. The van der Waals surface area contributed by atoms with Crippen molar-refractivity contribution in [2.75, 3.05) is 13.1 Å². The molecule has 2 aliphatic rings. The van der Waals surface area contributed by atoms with Crippen LogP contribution in [0.2, 0.25) is 0 Å². The molecule has 1 saturated heterocycles. The highest BCUT2D eigenvalue weighted by molar-refractivity contribution is 14.1.